The summed E-state index contributed by atoms with van der Waals surface area (Å²) in [6, 6.07) is 0.554. The van der Waals surface area contributed by atoms with Gasteiger partial charge in [0.05, 0.1) is 18.4 Å². The first-order valence-electron chi connectivity index (χ1n) is 5.50. The number of hydrogen-bond donors (Lipinski definition) is 1. The largest absolute Gasteiger partial charge is 0.435 e. The highest BCUT2D eigenvalue weighted by Gasteiger charge is 2.39. The number of hydrogen-bond acceptors (Lipinski definition) is 4. The van der Waals surface area contributed by atoms with Gasteiger partial charge in [0, 0.05) is 6.07 Å². The van der Waals surface area contributed by atoms with Crippen LogP contribution in [0.1, 0.15) is 21.1 Å². The number of thiazole rings is 1. The molecule has 0 fully saturated rings. The van der Waals surface area contributed by atoms with Gasteiger partial charge in [-0.2, -0.15) is 13.2 Å². The molecule has 22 heavy (non-hydrogen) atoms. The molecule has 0 radical (unpaired) electrons. The van der Waals surface area contributed by atoms with Gasteiger partial charge in [-0.3, -0.25) is 9.78 Å². The standard InChI is InChI=1S/C11H5BrF5N3OS/c12-10-20-8(11(15,16)17)7(22-10)9(21)19-3-6-5(14)1-4(13)2-18-6/h1-2H,3H2,(H,19,21). The van der Waals surface area contributed by atoms with Gasteiger partial charge in [0.2, 0.25) is 0 Å². The number of nitrogens with one attached hydrogen (secondary N) is 1. The van der Waals surface area contributed by atoms with Gasteiger partial charge in [0.1, 0.15) is 16.5 Å². The van der Waals surface area contributed by atoms with Crippen LogP contribution in [0.5, 0.6) is 0 Å². The molecule has 0 aliphatic carbocycles. The minimum Gasteiger partial charge on any atom is -0.346 e. The van der Waals surface area contributed by atoms with Crippen LogP contribution in [-0.2, 0) is 12.7 Å². The van der Waals surface area contributed by atoms with Gasteiger partial charge in [-0.15, -0.1) is 11.3 Å². The van der Waals surface area contributed by atoms with Crippen molar-refractivity contribution in [2.75, 3.05) is 0 Å². The van der Waals surface area contributed by atoms with Crippen molar-refractivity contribution < 1.29 is 26.7 Å². The van der Waals surface area contributed by atoms with E-state index in [1.165, 1.54) is 0 Å². The minimum atomic E-state index is -4.80. The lowest BCUT2D eigenvalue weighted by molar-refractivity contribution is -0.141. The van der Waals surface area contributed by atoms with Crippen LogP contribution >= 0.6 is 27.3 Å². The molecular formula is C11H5BrF5N3OS. The third-order valence-corrected chi connectivity index (χ3v) is 3.88. The lowest BCUT2D eigenvalue weighted by atomic mass is 10.3. The lowest BCUT2D eigenvalue weighted by Gasteiger charge is -2.07. The molecule has 0 spiro atoms. The van der Waals surface area contributed by atoms with Gasteiger partial charge in [0.25, 0.3) is 5.91 Å². The van der Waals surface area contributed by atoms with E-state index in [0.717, 1.165) is 6.20 Å². The molecule has 2 heterocycles. The summed E-state index contributed by atoms with van der Waals surface area (Å²) >= 11 is 3.26. The van der Waals surface area contributed by atoms with Crippen LogP contribution in [0.15, 0.2) is 16.2 Å². The molecule has 2 aromatic rings. The smallest absolute Gasteiger partial charge is 0.346 e. The Hall–Kier alpha value is -1.62. The highest BCUT2D eigenvalue weighted by molar-refractivity contribution is 9.11. The van der Waals surface area contributed by atoms with Crippen LogP contribution < -0.4 is 5.32 Å². The normalized spacial score (nSPS) is 11.5. The second-order valence-corrected chi connectivity index (χ2v) is 6.18. The van der Waals surface area contributed by atoms with Crippen molar-refractivity contribution in [3.05, 3.63) is 44.1 Å². The number of nitrogens with zero attached hydrogens (tertiary/aromatic N) is 2. The molecule has 0 aliphatic rings. The maximum absolute atomic E-state index is 13.3. The molecule has 0 atom stereocenters. The summed E-state index contributed by atoms with van der Waals surface area (Å²) in [7, 11) is 0. The molecule has 0 saturated carbocycles. The first-order valence-corrected chi connectivity index (χ1v) is 7.11. The van der Waals surface area contributed by atoms with Gasteiger partial charge >= 0.3 is 6.18 Å². The Balaban J connectivity index is 2.16. The summed E-state index contributed by atoms with van der Waals surface area (Å²) in [5, 5.41) is 2.09. The molecule has 0 aromatic carbocycles. The van der Waals surface area contributed by atoms with E-state index < -0.39 is 40.8 Å². The monoisotopic (exact) mass is 401 g/mol. The van der Waals surface area contributed by atoms with Crippen LogP contribution in [0.2, 0.25) is 0 Å². The Bertz CT molecular complexity index is 718. The van der Waals surface area contributed by atoms with Crippen molar-refractivity contribution in [3.8, 4) is 0 Å². The third-order valence-electron chi connectivity index (χ3n) is 2.38. The van der Waals surface area contributed by atoms with Crippen LogP contribution in [0, 0.1) is 11.6 Å². The molecule has 11 heteroatoms. The van der Waals surface area contributed by atoms with E-state index in [0.29, 0.717) is 17.4 Å². The van der Waals surface area contributed by atoms with Crippen molar-refractivity contribution in [2.45, 2.75) is 12.7 Å². The predicted molar refractivity (Wildman–Crippen MR) is 70.1 cm³/mol. The van der Waals surface area contributed by atoms with E-state index in [2.05, 4.69) is 31.2 Å². The number of aromatic nitrogens is 2. The summed E-state index contributed by atoms with van der Waals surface area (Å²) in [4.78, 5) is 17.7. The average molecular weight is 402 g/mol. The quantitative estimate of drug-likeness (QED) is 0.800. The number of halogens is 6. The Morgan fingerprint density at radius 2 is 2.05 bits per heavy atom. The van der Waals surface area contributed by atoms with Crippen molar-refractivity contribution in [2.24, 2.45) is 0 Å². The third kappa shape index (κ3) is 3.77. The number of pyridine rings is 1. The zero-order chi connectivity index (χ0) is 16.5. The Kier molecular flexibility index (Phi) is 4.75. The molecule has 2 rings (SSSR count). The van der Waals surface area contributed by atoms with Gasteiger partial charge in [-0.05, 0) is 15.9 Å². The fraction of sp³-hybridized carbons (Fsp3) is 0.182. The molecular weight excluding hydrogens is 397 g/mol. The highest BCUT2D eigenvalue weighted by atomic mass is 79.9. The molecule has 2 aromatic heterocycles. The number of carbonyl (C=O) groups is 1. The fourth-order valence-corrected chi connectivity index (χ4v) is 2.85. The van der Waals surface area contributed by atoms with E-state index in [4.69, 9.17) is 0 Å². The SMILES string of the molecule is O=C(NCc1ncc(F)cc1F)c1sc(Br)nc1C(F)(F)F. The van der Waals surface area contributed by atoms with Crippen molar-refractivity contribution in [1.82, 2.24) is 15.3 Å². The fourth-order valence-electron chi connectivity index (χ4n) is 1.46. The van der Waals surface area contributed by atoms with Crippen molar-refractivity contribution >= 4 is 33.2 Å². The predicted octanol–water partition coefficient (Wildman–Crippen LogP) is 3.53. The van der Waals surface area contributed by atoms with E-state index in [9.17, 15) is 26.7 Å². The van der Waals surface area contributed by atoms with Crippen LogP contribution in [0.4, 0.5) is 22.0 Å². The number of alkyl halides is 3. The Labute approximate surface area is 132 Å². The van der Waals surface area contributed by atoms with Crippen LogP contribution in [0.25, 0.3) is 0 Å². The number of amides is 1. The van der Waals surface area contributed by atoms with E-state index >= 15 is 0 Å². The average Bonchev–Trinajstić information content (AvgIpc) is 2.79. The van der Waals surface area contributed by atoms with Crippen LogP contribution in [0.3, 0.4) is 0 Å². The van der Waals surface area contributed by atoms with E-state index in [-0.39, 0.29) is 9.61 Å². The van der Waals surface area contributed by atoms with Gasteiger partial charge < -0.3 is 5.32 Å². The first-order chi connectivity index (χ1) is 10.2. The second-order valence-electron chi connectivity index (χ2n) is 3.91. The first kappa shape index (κ1) is 16.7. The molecule has 118 valence electrons. The topological polar surface area (TPSA) is 54.9 Å². The zero-order valence-electron chi connectivity index (χ0n) is 10.3. The molecule has 1 amide bonds. The summed E-state index contributed by atoms with van der Waals surface area (Å²) in [6.45, 7) is -0.488. The summed E-state index contributed by atoms with van der Waals surface area (Å²) in [6.07, 6.45) is -4.07. The number of rotatable bonds is 3. The van der Waals surface area contributed by atoms with Crippen molar-refractivity contribution in [3.63, 3.8) is 0 Å². The molecule has 0 bridgehead atoms. The summed E-state index contributed by atoms with van der Waals surface area (Å²) in [5.41, 5.74) is -1.64. The Morgan fingerprint density at radius 1 is 1.36 bits per heavy atom. The second kappa shape index (κ2) is 6.24. The van der Waals surface area contributed by atoms with E-state index in [1.807, 2.05) is 0 Å². The highest BCUT2D eigenvalue weighted by Crippen LogP contribution is 2.35. The van der Waals surface area contributed by atoms with E-state index in [1.54, 1.807) is 0 Å². The van der Waals surface area contributed by atoms with Crippen molar-refractivity contribution in [1.29, 1.82) is 0 Å². The van der Waals surface area contributed by atoms with Gasteiger partial charge in [-0.25, -0.2) is 13.8 Å². The maximum Gasteiger partial charge on any atom is 0.435 e. The molecule has 1 N–H and O–H groups in total. The Morgan fingerprint density at radius 3 is 2.64 bits per heavy atom. The zero-order valence-corrected chi connectivity index (χ0v) is 12.7. The lowest BCUT2D eigenvalue weighted by Crippen LogP contribution is -2.25. The maximum atomic E-state index is 13.3. The summed E-state index contributed by atoms with van der Waals surface area (Å²) < 4.78 is 64.1. The molecule has 0 saturated heterocycles. The molecule has 0 unspecified atom stereocenters. The van der Waals surface area contributed by atoms with Gasteiger partial charge in [-0.1, -0.05) is 0 Å². The van der Waals surface area contributed by atoms with Crippen LogP contribution in [-0.4, -0.2) is 15.9 Å². The number of carbonyl (C=O) groups excluding carboxylic acids is 1. The minimum absolute atomic E-state index is 0.115. The molecule has 0 aliphatic heterocycles. The molecule has 4 nitrogen and oxygen atoms in total. The van der Waals surface area contributed by atoms with Gasteiger partial charge in [0.15, 0.2) is 9.61 Å². The summed E-state index contributed by atoms with van der Waals surface area (Å²) in [5.74, 6) is -3.00.